The zero-order valence-electron chi connectivity index (χ0n) is 10.0. The lowest BCUT2D eigenvalue weighted by Gasteiger charge is -2.30. The number of aromatic nitrogens is 3. The standard InChI is InChI=1S/C11H19N5S/c1(10-8-17-6-2-12-10)3-15-4-5-16-9-13-14-11(16)7-15/h9-10,12H,1-8H2. The number of nitrogens with one attached hydrogen (secondary N) is 1. The van der Waals surface area contributed by atoms with Crippen LogP contribution in [0, 0.1) is 0 Å². The average molecular weight is 253 g/mol. The van der Waals surface area contributed by atoms with Crippen LogP contribution < -0.4 is 5.32 Å². The summed E-state index contributed by atoms with van der Waals surface area (Å²) in [5, 5.41) is 11.7. The van der Waals surface area contributed by atoms with Gasteiger partial charge in [-0.15, -0.1) is 10.2 Å². The Balaban J connectivity index is 1.47. The molecule has 1 N–H and O–H groups in total. The first-order valence-corrected chi connectivity index (χ1v) is 7.47. The van der Waals surface area contributed by atoms with Crippen LogP contribution in [0.5, 0.6) is 0 Å². The third-order valence-corrected chi connectivity index (χ3v) is 4.64. The fourth-order valence-electron chi connectivity index (χ4n) is 2.45. The molecule has 5 nitrogen and oxygen atoms in total. The zero-order chi connectivity index (χ0) is 11.5. The van der Waals surface area contributed by atoms with E-state index < -0.39 is 0 Å². The molecule has 3 heterocycles. The summed E-state index contributed by atoms with van der Waals surface area (Å²) in [7, 11) is 0. The Morgan fingerprint density at radius 1 is 1.47 bits per heavy atom. The second kappa shape index (κ2) is 5.37. The van der Waals surface area contributed by atoms with Crippen molar-refractivity contribution < 1.29 is 0 Å². The number of fused-ring (bicyclic) bond motifs is 1. The van der Waals surface area contributed by atoms with E-state index in [0.717, 1.165) is 25.5 Å². The van der Waals surface area contributed by atoms with E-state index in [1.807, 2.05) is 6.33 Å². The fourth-order valence-corrected chi connectivity index (χ4v) is 3.45. The van der Waals surface area contributed by atoms with Gasteiger partial charge in [0.05, 0.1) is 6.54 Å². The Morgan fingerprint density at radius 3 is 3.35 bits per heavy atom. The van der Waals surface area contributed by atoms with Crippen LogP contribution in [0.4, 0.5) is 0 Å². The van der Waals surface area contributed by atoms with Crippen molar-refractivity contribution in [3.05, 3.63) is 12.2 Å². The maximum atomic E-state index is 4.15. The first-order valence-electron chi connectivity index (χ1n) is 6.32. The summed E-state index contributed by atoms with van der Waals surface area (Å²) in [6.45, 7) is 5.47. The van der Waals surface area contributed by atoms with Crippen LogP contribution in [0.25, 0.3) is 0 Å². The minimum absolute atomic E-state index is 0.702. The molecular weight excluding hydrogens is 234 g/mol. The molecule has 2 aliphatic heterocycles. The number of rotatable bonds is 3. The molecule has 1 fully saturated rings. The van der Waals surface area contributed by atoms with Gasteiger partial charge in [-0.25, -0.2) is 0 Å². The van der Waals surface area contributed by atoms with Gasteiger partial charge in [0.2, 0.25) is 0 Å². The Labute approximate surface area is 106 Å². The van der Waals surface area contributed by atoms with E-state index in [1.165, 1.54) is 31.0 Å². The third-order valence-electron chi connectivity index (χ3n) is 3.51. The molecule has 0 bridgehead atoms. The van der Waals surface area contributed by atoms with Gasteiger partial charge >= 0.3 is 0 Å². The molecule has 1 aromatic rings. The highest BCUT2D eigenvalue weighted by atomic mass is 32.2. The molecular formula is C11H19N5S. The Hall–Kier alpha value is -0.590. The molecule has 0 aromatic carbocycles. The lowest BCUT2D eigenvalue weighted by molar-refractivity contribution is 0.207. The van der Waals surface area contributed by atoms with Gasteiger partial charge in [-0.2, -0.15) is 11.8 Å². The highest BCUT2D eigenvalue weighted by Crippen LogP contribution is 2.13. The van der Waals surface area contributed by atoms with E-state index in [2.05, 4.69) is 36.7 Å². The molecule has 2 aliphatic rings. The summed E-state index contributed by atoms with van der Waals surface area (Å²) in [4.78, 5) is 2.49. The molecule has 1 saturated heterocycles. The molecule has 1 unspecified atom stereocenters. The second-order valence-corrected chi connectivity index (χ2v) is 5.88. The van der Waals surface area contributed by atoms with Crippen LogP contribution in [0.2, 0.25) is 0 Å². The van der Waals surface area contributed by atoms with Crippen LogP contribution in [0.3, 0.4) is 0 Å². The van der Waals surface area contributed by atoms with Gasteiger partial charge in [-0.05, 0) is 6.42 Å². The van der Waals surface area contributed by atoms with Gasteiger partial charge in [0.1, 0.15) is 12.2 Å². The zero-order valence-corrected chi connectivity index (χ0v) is 10.8. The Kier molecular flexibility index (Phi) is 3.63. The molecule has 17 heavy (non-hydrogen) atoms. The molecule has 6 heteroatoms. The van der Waals surface area contributed by atoms with Crippen LogP contribution in [0.1, 0.15) is 12.2 Å². The van der Waals surface area contributed by atoms with Gasteiger partial charge in [-0.1, -0.05) is 0 Å². The van der Waals surface area contributed by atoms with Crippen LogP contribution in [-0.4, -0.2) is 56.8 Å². The highest BCUT2D eigenvalue weighted by molar-refractivity contribution is 7.99. The van der Waals surface area contributed by atoms with Gasteiger partial charge in [0.25, 0.3) is 0 Å². The number of hydrogen-bond acceptors (Lipinski definition) is 5. The Morgan fingerprint density at radius 2 is 2.47 bits per heavy atom. The minimum atomic E-state index is 0.702. The highest BCUT2D eigenvalue weighted by Gasteiger charge is 2.19. The second-order valence-electron chi connectivity index (χ2n) is 4.73. The fraction of sp³-hybridized carbons (Fsp3) is 0.818. The molecule has 3 rings (SSSR count). The van der Waals surface area contributed by atoms with E-state index in [9.17, 15) is 0 Å². The van der Waals surface area contributed by atoms with Crippen LogP contribution in [-0.2, 0) is 13.1 Å². The monoisotopic (exact) mass is 253 g/mol. The van der Waals surface area contributed by atoms with Crippen molar-refractivity contribution in [2.75, 3.05) is 31.1 Å². The third kappa shape index (κ3) is 2.81. The maximum Gasteiger partial charge on any atom is 0.147 e. The van der Waals surface area contributed by atoms with Crippen LogP contribution in [0.15, 0.2) is 6.33 Å². The van der Waals surface area contributed by atoms with E-state index in [4.69, 9.17) is 0 Å². The van der Waals surface area contributed by atoms with Gasteiger partial charge in [0.15, 0.2) is 0 Å². The first kappa shape index (κ1) is 11.5. The molecule has 1 aromatic heterocycles. The van der Waals surface area contributed by atoms with Crippen molar-refractivity contribution in [1.82, 2.24) is 25.0 Å². The van der Waals surface area contributed by atoms with Gasteiger partial charge in [-0.3, -0.25) is 4.90 Å². The average Bonchev–Trinajstić information content (AvgIpc) is 2.85. The van der Waals surface area contributed by atoms with E-state index in [0.29, 0.717) is 6.04 Å². The van der Waals surface area contributed by atoms with Crippen LogP contribution >= 0.6 is 11.8 Å². The van der Waals surface area contributed by atoms with Gasteiger partial charge < -0.3 is 9.88 Å². The van der Waals surface area contributed by atoms with Crippen molar-refractivity contribution in [3.8, 4) is 0 Å². The molecule has 0 aliphatic carbocycles. The predicted molar refractivity (Wildman–Crippen MR) is 69.0 cm³/mol. The lowest BCUT2D eigenvalue weighted by atomic mass is 10.2. The summed E-state index contributed by atoms with van der Waals surface area (Å²) in [6, 6.07) is 0.702. The SMILES string of the molecule is c1nnc2n1CCN(CCC1CSCCN1)C2. The van der Waals surface area contributed by atoms with E-state index in [1.54, 1.807) is 0 Å². The summed E-state index contributed by atoms with van der Waals surface area (Å²) < 4.78 is 2.16. The molecule has 0 saturated carbocycles. The molecule has 0 spiro atoms. The normalized spacial score (nSPS) is 25.8. The summed E-state index contributed by atoms with van der Waals surface area (Å²) >= 11 is 2.07. The molecule has 0 radical (unpaired) electrons. The smallest absolute Gasteiger partial charge is 0.147 e. The Bertz CT molecular complexity index is 360. The summed E-state index contributed by atoms with van der Waals surface area (Å²) in [5.74, 6) is 3.65. The van der Waals surface area contributed by atoms with Gasteiger partial charge in [0, 0.05) is 43.7 Å². The summed E-state index contributed by atoms with van der Waals surface area (Å²) in [5.41, 5.74) is 0. The number of nitrogens with zero attached hydrogens (tertiary/aromatic N) is 4. The largest absolute Gasteiger partial charge is 0.315 e. The van der Waals surface area contributed by atoms with Crippen molar-refractivity contribution in [1.29, 1.82) is 0 Å². The number of hydrogen-bond donors (Lipinski definition) is 1. The maximum absolute atomic E-state index is 4.15. The minimum Gasteiger partial charge on any atom is -0.315 e. The van der Waals surface area contributed by atoms with Crippen molar-refractivity contribution in [2.45, 2.75) is 25.6 Å². The number of thioether (sulfide) groups is 1. The van der Waals surface area contributed by atoms with E-state index >= 15 is 0 Å². The predicted octanol–water partition coefficient (Wildman–Crippen LogP) is 0.189. The molecule has 1 atom stereocenters. The van der Waals surface area contributed by atoms with E-state index in [-0.39, 0.29) is 0 Å². The van der Waals surface area contributed by atoms with Crippen molar-refractivity contribution in [3.63, 3.8) is 0 Å². The quantitative estimate of drug-likeness (QED) is 0.833. The first-order chi connectivity index (χ1) is 8.42. The van der Waals surface area contributed by atoms with Crippen molar-refractivity contribution in [2.24, 2.45) is 0 Å². The topological polar surface area (TPSA) is 46.0 Å². The van der Waals surface area contributed by atoms with Crippen molar-refractivity contribution >= 4 is 11.8 Å². The molecule has 94 valence electrons. The lowest BCUT2D eigenvalue weighted by Crippen LogP contribution is -2.41. The summed E-state index contributed by atoms with van der Waals surface area (Å²) in [6.07, 6.45) is 3.09. The molecule has 0 amide bonds.